The van der Waals surface area contributed by atoms with Gasteiger partial charge in [-0.25, -0.2) is 0 Å². The average Bonchev–Trinajstić information content (AvgIpc) is 3.41. The summed E-state index contributed by atoms with van der Waals surface area (Å²) in [6, 6.07) is 25.3. The Balaban J connectivity index is 0.000000259. The zero-order chi connectivity index (χ0) is 23.7. The maximum Gasteiger partial charge on any atom is 0.0667 e. The third kappa shape index (κ3) is 6.63. The highest BCUT2D eigenvalue weighted by molar-refractivity contribution is 5.85. The summed E-state index contributed by atoms with van der Waals surface area (Å²) in [6.45, 7) is 15.6. The van der Waals surface area contributed by atoms with Gasteiger partial charge in [0.1, 0.15) is 0 Å². The summed E-state index contributed by atoms with van der Waals surface area (Å²) in [7, 11) is 0. The lowest BCUT2D eigenvalue weighted by Gasteiger charge is -2.16. The second-order valence-electron chi connectivity index (χ2n) is 11.1. The van der Waals surface area contributed by atoms with Crippen LogP contribution in [0.25, 0.3) is 0 Å². The molecule has 2 N–H and O–H groups in total. The molecule has 3 heterocycles. The highest BCUT2D eigenvalue weighted by atomic mass is 35.5. The monoisotopic (exact) mass is 527 g/mol. The SMILES string of the molecule is C.CC1(C)C=Nc2ccccc21.CC1(C)CNc2ccccc21.CC1(C)CNc2ccccc21.Cl.Cl. The Labute approximate surface area is 231 Å². The van der Waals surface area contributed by atoms with Gasteiger partial charge in [-0.3, -0.25) is 4.99 Å². The fourth-order valence-electron chi connectivity index (χ4n) is 4.71. The smallest absolute Gasteiger partial charge is 0.0667 e. The molecule has 0 saturated heterocycles. The van der Waals surface area contributed by atoms with Gasteiger partial charge >= 0.3 is 0 Å². The van der Waals surface area contributed by atoms with Crippen LogP contribution in [0.3, 0.4) is 0 Å². The minimum absolute atomic E-state index is 0. The predicted molar refractivity (Wildman–Crippen MR) is 165 cm³/mol. The molecule has 3 aromatic rings. The van der Waals surface area contributed by atoms with Crippen LogP contribution in [0.5, 0.6) is 0 Å². The molecule has 0 aliphatic carbocycles. The zero-order valence-electron chi connectivity index (χ0n) is 21.7. The van der Waals surface area contributed by atoms with Gasteiger partial charge in [0, 0.05) is 46.9 Å². The van der Waals surface area contributed by atoms with Gasteiger partial charge in [0.2, 0.25) is 0 Å². The van der Waals surface area contributed by atoms with Gasteiger partial charge < -0.3 is 10.6 Å². The van der Waals surface area contributed by atoms with E-state index in [0.29, 0.717) is 10.8 Å². The minimum Gasteiger partial charge on any atom is -0.384 e. The molecule has 0 fully saturated rings. The number of fused-ring (bicyclic) bond motifs is 3. The Bertz CT molecular complexity index is 1100. The van der Waals surface area contributed by atoms with Gasteiger partial charge in [-0.1, -0.05) is 104 Å². The number of hydrogen-bond donors (Lipinski definition) is 2. The molecule has 5 heteroatoms. The highest BCUT2D eigenvalue weighted by Crippen LogP contribution is 2.37. The predicted octanol–water partition coefficient (Wildman–Crippen LogP) is 8.94. The molecule has 0 atom stereocenters. The van der Waals surface area contributed by atoms with Crippen molar-refractivity contribution < 1.29 is 0 Å². The number of halogens is 2. The maximum absolute atomic E-state index is 4.33. The Morgan fingerprint density at radius 3 is 1.39 bits per heavy atom. The third-order valence-electron chi connectivity index (χ3n) is 6.88. The molecule has 196 valence electrons. The summed E-state index contributed by atoms with van der Waals surface area (Å²) in [6.07, 6.45) is 2.01. The van der Waals surface area contributed by atoms with E-state index in [1.165, 1.54) is 28.1 Å². The Morgan fingerprint density at radius 1 is 0.583 bits per heavy atom. The fourth-order valence-corrected chi connectivity index (χ4v) is 4.71. The summed E-state index contributed by atoms with van der Waals surface area (Å²) in [5, 5.41) is 6.78. The molecule has 0 unspecified atom stereocenters. The molecule has 3 aromatic carbocycles. The van der Waals surface area contributed by atoms with E-state index in [2.05, 4.69) is 124 Å². The molecule has 0 aromatic heterocycles. The summed E-state index contributed by atoms with van der Waals surface area (Å²) in [5.74, 6) is 0. The number of nitrogens with zero attached hydrogens (tertiary/aromatic N) is 1. The maximum atomic E-state index is 4.33. The van der Waals surface area contributed by atoms with Gasteiger partial charge in [0.15, 0.2) is 0 Å². The largest absolute Gasteiger partial charge is 0.384 e. The first-order valence-electron chi connectivity index (χ1n) is 11.9. The van der Waals surface area contributed by atoms with Crippen molar-refractivity contribution in [2.24, 2.45) is 4.99 Å². The van der Waals surface area contributed by atoms with Crippen LogP contribution < -0.4 is 10.6 Å². The first kappa shape index (κ1) is 31.5. The fraction of sp³-hybridized carbons (Fsp3) is 0.387. The van der Waals surface area contributed by atoms with Crippen molar-refractivity contribution in [2.75, 3.05) is 23.7 Å². The lowest BCUT2D eigenvalue weighted by molar-refractivity contribution is 0.586. The lowest BCUT2D eigenvalue weighted by atomic mass is 9.87. The lowest BCUT2D eigenvalue weighted by Crippen LogP contribution is -2.18. The van der Waals surface area contributed by atoms with Crippen molar-refractivity contribution in [1.29, 1.82) is 0 Å². The van der Waals surface area contributed by atoms with Crippen LogP contribution in [-0.2, 0) is 16.2 Å². The van der Waals surface area contributed by atoms with E-state index in [4.69, 9.17) is 0 Å². The van der Waals surface area contributed by atoms with E-state index in [-0.39, 0.29) is 37.7 Å². The summed E-state index contributed by atoms with van der Waals surface area (Å²) in [4.78, 5) is 4.33. The summed E-state index contributed by atoms with van der Waals surface area (Å²) < 4.78 is 0. The summed E-state index contributed by atoms with van der Waals surface area (Å²) >= 11 is 0. The normalized spacial score (nSPS) is 17.3. The van der Waals surface area contributed by atoms with Crippen molar-refractivity contribution in [2.45, 2.75) is 65.2 Å². The molecule has 0 bridgehead atoms. The van der Waals surface area contributed by atoms with Gasteiger partial charge in [-0.05, 0) is 34.9 Å². The van der Waals surface area contributed by atoms with E-state index in [1.54, 1.807) is 0 Å². The van der Waals surface area contributed by atoms with E-state index in [1.807, 2.05) is 12.3 Å². The second-order valence-corrected chi connectivity index (χ2v) is 11.1. The molecule has 3 nitrogen and oxygen atoms in total. The van der Waals surface area contributed by atoms with Crippen LogP contribution in [0.4, 0.5) is 17.1 Å². The first-order valence-corrected chi connectivity index (χ1v) is 11.9. The van der Waals surface area contributed by atoms with Crippen LogP contribution in [0, 0.1) is 0 Å². The van der Waals surface area contributed by atoms with Crippen LogP contribution in [0.1, 0.15) is 65.7 Å². The molecule has 0 radical (unpaired) electrons. The topological polar surface area (TPSA) is 36.4 Å². The number of aliphatic imine (C=N–C) groups is 1. The van der Waals surface area contributed by atoms with Crippen molar-refractivity contribution >= 4 is 48.1 Å². The van der Waals surface area contributed by atoms with Crippen LogP contribution in [-0.4, -0.2) is 19.3 Å². The molecule has 36 heavy (non-hydrogen) atoms. The van der Waals surface area contributed by atoms with E-state index in [0.717, 1.165) is 18.8 Å². The van der Waals surface area contributed by atoms with Gasteiger partial charge in [0.05, 0.1) is 5.69 Å². The van der Waals surface area contributed by atoms with Crippen molar-refractivity contribution in [3.05, 3.63) is 89.5 Å². The van der Waals surface area contributed by atoms with Crippen molar-refractivity contribution in [3.8, 4) is 0 Å². The molecule has 3 aliphatic rings. The number of anilines is 2. The van der Waals surface area contributed by atoms with Crippen LogP contribution in [0.15, 0.2) is 77.8 Å². The molecule has 0 amide bonds. The van der Waals surface area contributed by atoms with E-state index >= 15 is 0 Å². The molecular weight excluding hydrogens is 485 g/mol. The highest BCUT2D eigenvalue weighted by Gasteiger charge is 2.29. The van der Waals surface area contributed by atoms with Gasteiger partial charge in [-0.2, -0.15) is 0 Å². The zero-order valence-corrected chi connectivity index (χ0v) is 23.3. The number of para-hydroxylation sites is 3. The first-order chi connectivity index (χ1) is 15.6. The third-order valence-corrected chi connectivity index (χ3v) is 6.88. The van der Waals surface area contributed by atoms with Gasteiger partial charge in [0.25, 0.3) is 0 Å². The van der Waals surface area contributed by atoms with Crippen LogP contribution in [0.2, 0.25) is 0 Å². The molecule has 6 rings (SSSR count). The molecule has 3 aliphatic heterocycles. The Hall–Kier alpha value is -2.49. The number of rotatable bonds is 0. The minimum atomic E-state index is 0. The number of hydrogen-bond acceptors (Lipinski definition) is 3. The second kappa shape index (κ2) is 12.2. The van der Waals surface area contributed by atoms with Crippen LogP contribution >= 0.6 is 24.8 Å². The number of nitrogens with one attached hydrogen (secondary N) is 2. The molecular formula is C31H43Cl2N3. The van der Waals surface area contributed by atoms with E-state index in [9.17, 15) is 0 Å². The van der Waals surface area contributed by atoms with Crippen molar-refractivity contribution in [1.82, 2.24) is 0 Å². The summed E-state index contributed by atoms with van der Waals surface area (Å²) in [5.41, 5.74) is 8.72. The Morgan fingerprint density at radius 2 is 0.972 bits per heavy atom. The molecule has 0 spiro atoms. The Kier molecular flexibility index (Phi) is 10.7. The quantitative estimate of drug-likeness (QED) is 0.306. The standard InChI is InChI=1S/2C10H13N.C10H11N.CH4.2ClH/c3*1-10(2)7-11-9-6-4-3-5-8(9)10;;;/h2*3-6,11H,7H2,1-2H3;3-7H,1-2H3;1H4;2*1H. The van der Waals surface area contributed by atoms with E-state index < -0.39 is 0 Å². The van der Waals surface area contributed by atoms with Crippen molar-refractivity contribution in [3.63, 3.8) is 0 Å². The molecule has 0 saturated carbocycles. The number of benzene rings is 3. The average molecular weight is 529 g/mol. The van der Waals surface area contributed by atoms with Gasteiger partial charge in [-0.15, -0.1) is 24.8 Å².